The Labute approximate surface area is 126 Å². The number of aliphatic hydroxyl groups is 1. The van der Waals surface area contributed by atoms with E-state index in [4.69, 9.17) is 16.7 Å². The largest absolute Gasteiger partial charge is 0.395 e. The Morgan fingerprint density at radius 1 is 1.25 bits per heavy atom. The highest BCUT2D eigenvalue weighted by Gasteiger charge is 2.17. The van der Waals surface area contributed by atoms with Crippen LogP contribution in [-0.4, -0.2) is 56.4 Å². The fourth-order valence-corrected chi connectivity index (χ4v) is 2.91. The molecule has 0 aliphatic carbocycles. The average Bonchev–Trinajstić information content (AvgIpc) is 2.67. The van der Waals surface area contributed by atoms with Crippen LogP contribution in [0.5, 0.6) is 0 Å². The van der Waals surface area contributed by atoms with Gasteiger partial charge in [0.1, 0.15) is 0 Å². The summed E-state index contributed by atoms with van der Waals surface area (Å²) in [4.78, 5) is 4.73. The number of rotatable bonds is 5. The highest BCUT2D eigenvalue weighted by molar-refractivity contribution is 6.30. The third kappa shape index (κ3) is 4.09. The van der Waals surface area contributed by atoms with Gasteiger partial charge in [0, 0.05) is 43.4 Å². The molecule has 0 amide bonds. The lowest BCUT2D eigenvalue weighted by Crippen LogP contribution is -2.33. The Kier molecular flexibility index (Phi) is 6.10. The van der Waals surface area contributed by atoms with Gasteiger partial charge in [-0.15, -0.1) is 0 Å². The quantitative estimate of drug-likeness (QED) is 0.865. The van der Waals surface area contributed by atoms with Crippen molar-refractivity contribution in [1.82, 2.24) is 10.2 Å². The fraction of sp³-hybridized carbons (Fsp3) is 0.600. The Bertz CT molecular complexity index is 428. The van der Waals surface area contributed by atoms with Gasteiger partial charge in [0.25, 0.3) is 0 Å². The van der Waals surface area contributed by atoms with Gasteiger partial charge in [-0.2, -0.15) is 0 Å². The van der Waals surface area contributed by atoms with Crippen LogP contribution >= 0.6 is 11.6 Å². The van der Waals surface area contributed by atoms with Gasteiger partial charge in [0.05, 0.1) is 6.61 Å². The molecule has 20 heavy (non-hydrogen) atoms. The molecule has 2 rings (SSSR count). The van der Waals surface area contributed by atoms with E-state index in [1.807, 2.05) is 13.1 Å². The summed E-state index contributed by atoms with van der Waals surface area (Å²) in [5, 5.41) is 13.1. The molecule has 0 saturated carbocycles. The number of hydrogen-bond donors (Lipinski definition) is 2. The molecule has 1 aromatic carbocycles. The van der Waals surface area contributed by atoms with Crippen LogP contribution in [0.1, 0.15) is 12.0 Å². The van der Waals surface area contributed by atoms with Crippen LogP contribution in [0.15, 0.2) is 18.2 Å². The van der Waals surface area contributed by atoms with Gasteiger partial charge in [-0.25, -0.2) is 0 Å². The summed E-state index contributed by atoms with van der Waals surface area (Å²) < 4.78 is 0. The number of hydrogen-bond acceptors (Lipinski definition) is 4. The summed E-state index contributed by atoms with van der Waals surface area (Å²) in [7, 11) is 1.96. The fourth-order valence-electron chi connectivity index (χ4n) is 2.75. The number of aliphatic hydroxyl groups excluding tert-OH is 1. The van der Waals surface area contributed by atoms with Crippen LogP contribution in [0, 0.1) is 0 Å². The highest BCUT2D eigenvalue weighted by Crippen LogP contribution is 2.26. The minimum Gasteiger partial charge on any atom is -0.395 e. The van der Waals surface area contributed by atoms with E-state index in [9.17, 15) is 0 Å². The van der Waals surface area contributed by atoms with Crippen molar-refractivity contribution >= 4 is 17.3 Å². The van der Waals surface area contributed by atoms with E-state index < -0.39 is 0 Å². The van der Waals surface area contributed by atoms with Crippen LogP contribution in [0.2, 0.25) is 5.02 Å². The predicted molar refractivity (Wildman–Crippen MR) is 84.6 cm³/mol. The maximum absolute atomic E-state index is 9.06. The highest BCUT2D eigenvalue weighted by atomic mass is 35.5. The van der Waals surface area contributed by atoms with E-state index >= 15 is 0 Å². The van der Waals surface area contributed by atoms with Gasteiger partial charge >= 0.3 is 0 Å². The van der Waals surface area contributed by atoms with Gasteiger partial charge in [0.15, 0.2) is 0 Å². The summed E-state index contributed by atoms with van der Waals surface area (Å²) in [5.74, 6) is 0. The lowest BCUT2D eigenvalue weighted by atomic mass is 10.1. The minimum absolute atomic E-state index is 0.238. The second-order valence-electron chi connectivity index (χ2n) is 5.21. The third-order valence-electron chi connectivity index (χ3n) is 3.76. The van der Waals surface area contributed by atoms with Crippen LogP contribution < -0.4 is 10.2 Å². The number of β-amino-alcohol motifs (C(OH)–C–C–N with tert-alkyl or cyclic N) is 1. The van der Waals surface area contributed by atoms with Crippen molar-refractivity contribution in [2.24, 2.45) is 0 Å². The topological polar surface area (TPSA) is 38.7 Å². The molecule has 1 aromatic rings. The molecule has 2 N–H and O–H groups in total. The van der Waals surface area contributed by atoms with E-state index in [-0.39, 0.29) is 6.61 Å². The van der Waals surface area contributed by atoms with Gasteiger partial charge in [0.2, 0.25) is 0 Å². The molecule has 1 heterocycles. The van der Waals surface area contributed by atoms with Gasteiger partial charge in [-0.05, 0) is 37.7 Å². The summed E-state index contributed by atoms with van der Waals surface area (Å²) in [6.45, 7) is 5.93. The molecular formula is C15H24ClN3O. The number of halogens is 1. The summed E-state index contributed by atoms with van der Waals surface area (Å²) >= 11 is 6.16. The Hall–Kier alpha value is -0.810. The maximum Gasteiger partial charge on any atom is 0.0558 e. The van der Waals surface area contributed by atoms with Crippen molar-refractivity contribution in [3.8, 4) is 0 Å². The molecule has 1 fully saturated rings. The molecule has 0 aromatic heterocycles. The molecule has 0 spiro atoms. The van der Waals surface area contributed by atoms with Crippen molar-refractivity contribution in [2.45, 2.75) is 13.0 Å². The monoisotopic (exact) mass is 297 g/mol. The van der Waals surface area contributed by atoms with Crippen LogP contribution in [-0.2, 0) is 6.54 Å². The first-order chi connectivity index (χ1) is 9.74. The molecule has 1 aliphatic rings. The number of nitrogens with one attached hydrogen (secondary N) is 1. The predicted octanol–water partition coefficient (Wildman–Crippen LogP) is 1.56. The number of benzene rings is 1. The van der Waals surface area contributed by atoms with Crippen LogP contribution in [0.3, 0.4) is 0 Å². The maximum atomic E-state index is 9.06. The van der Waals surface area contributed by atoms with Crippen molar-refractivity contribution in [1.29, 1.82) is 0 Å². The van der Waals surface area contributed by atoms with Gasteiger partial charge in [-0.3, -0.25) is 4.90 Å². The first-order valence-corrected chi connectivity index (χ1v) is 7.63. The lowest BCUT2D eigenvalue weighted by Gasteiger charge is -2.26. The molecule has 0 radical (unpaired) electrons. The Morgan fingerprint density at radius 3 is 2.85 bits per heavy atom. The smallest absolute Gasteiger partial charge is 0.0558 e. The molecule has 0 bridgehead atoms. The second-order valence-corrected chi connectivity index (χ2v) is 5.65. The van der Waals surface area contributed by atoms with E-state index in [0.717, 1.165) is 50.7 Å². The molecule has 0 atom stereocenters. The van der Waals surface area contributed by atoms with Crippen molar-refractivity contribution in [3.63, 3.8) is 0 Å². The van der Waals surface area contributed by atoms with Crippen molar-refractivity contribution in [3.05, 3.63) is 28.8 Å². The Balaban J connectivity index is 2.12. The standard InChI is InChI=1S/C15H24ClN3O/c1-17-12-13-3-4-14(16)11-15(13)19-6-2-5-18(7-8-19)9-10-20/h3-4,11,17,20H,2,5-10,12H2,1H3. The van der Waals surface area contributed by atoms with Crippen LogP contribution in [0.25, 0.3) is 0 Å². The first kappa shape index (κ1) is 15.6. The van der Waals surface area contributed by atoms with Crippen LogP contribution in [0.4, 0.5) is 5.69 Å². The molecule has 1 saturated heterocycles. The average molecular weight is 298 g/mol. The lowest BCUT2D eigenvalue weighted by molar-refractivity contribution is 0.204. The van der Waals surface area contributed by atoms with E-state index in [0.29, 0.717) is 0 Å². The summed E-state index contributed by atoms with van der Waals surface area (Å²) in [5.41, 5.74) is 2.52. The van der Waals surface area contributed by atoms with Gasteiger partial charge < -0.3 is 15.3 Å². The number of anilines is 1. The molecule has 4 nitrogen and oxygen atoms in total. The summed E-state index contributed by atoms with van der Waals surface area (Å²) in [6.07, 6.45) is 1.12. The van der Waals surface area contributed by atoms with E-state index in [2.05, 4.69) is 27.2 Å². The second kappa shape index (κ2) is 7.84. The molecule has 1 aliphatic heterocycles. The van der Waals surface area contributed by atoms with Crippen molar-refractivity contribution in [2.75, 3.05) is 51.3 Å². The van der Waals surface area contributed by atoms with E-state index in [1.54, 1.807) is 0 Å². The van der Waals surface area contributed by atoms with E-state index in [1.165, 1.54) is 11.3 Å². The molecule has 112 valence electrons. The zero-order valence-electron chi connectivity index (χ0n) is 12.1. The molecule has 5 heteroatoms. The third-order valence-corrected chi connectivity index (χ3v) is 4.00. The zero-order valence-corrected chi connectivity index (χ0v) is 12.9. The molecule has 0 unspecified atom stereocenters. The normalized spacial score (nSPS) is 17.2. The first-order valence-electron chi connectivity index (χ1n) is 7.26. The zero-order chi connectivity index (χ0) is 14.4. The summed E-state index contributed by atoms with van der Waals surface area (Å²) in [6, 6.07) is 6.12. The Morgan fingerprint density at radius 2 is 2.10 bits per heavy atom. The SMILES string of the molecule is CNCc1ccc(Cl)cc1N1CCCN(CCO)CC1. The van der Waals surface area contributed by atoms with Gasteiger partial charge in [-0.1, -0.05) is 17.7 Å². The molecular weight excluding hydrogens is 274 g/mol. The minimum atomic E-state index is 0.238. The van der Waals surface area contributed by atoms with Crippen molar-refractivity contribution < 1.29 is 5.11 Å². The number of nitrogens with zero attached hydrogens (tertiary/aromatic N) is 2.